The van der Waals surface area contributed by atoms with Crippen molar-refractivity contribution in [1.82, 2.24) is 0 Å². The second-order valence-corrected chi connectivity index (χ2v) is 4.59. The molecule has 0 saturated heterocycles. The smallest absolute Gasteiger partial charge is 0.147 e. The minimum Gasteiger partial charge on any atom is -0.379 e. The van der Waals surface area contributed by atoms with Gasteiger partial charge in [-0.3, -0.25) is 0 Å². The van der Waals surface area contributed by atoms with Crippen molar-refractivity contribution in [3.05, 3.63) is 64.5 Å². The molecule has 0 bridgehead atoms. The summed E-state index contributed by atoms with van der Waals surface area (Å²) in [4.78, 5) is 0. The summed E-state index contributed by atoms with van der Waals surface area (Å²) in [5.74, 6) is -0.399. The highest BCUT2D eigenvalue weighted by atomic mass is 19.1. The fourth-order valence-corrected chi connectivity index (χ4v) is 1.96. The van der Waals surface area contributed by atoms with E-state index in [2.05, 4.69) is 11.4 Å². The van der Waals surface area contributed by atoms with Crippen molar-refractivity contribution < 1.29 is 4.39 Å². The van der Waals surface area contributed by atoms with E-state index < -0.39 is 5.82 Å². The van der Waals surface area contributed by atoms with Crippen LogP contribution in [0.15, 0.2) is 36.4 Å². The maximum atomic E-state index is 13.7. The van der Waals surface area contributed by atoms with E-state index in [1.807, 2.05) is 32.0 Å². The molecule has 19 heavy (non-hydrogen) atoms. The van der Waals surface area contributed by atoms with Gasteiger partial charge in [-0.2, -0.15) is 5.26 Å². The lowest BCUT2D eigenvalue weighted by atomic mass is 10.1. The molecule has 2 aromatic carbocycles. The Bertz CT molecular complexity index is 642. The van der Waals surface area contributed by atoms with Gasteiger partial charge in [-0.15, -0.1) is 0 Å². The van der Waals surface area contributed by atoms with Gasteiger partial charge in [0.15, 0.2) is 0 Å². The van der Waals surface area contributed by atoms with E-state index in [0.717, 1.165) is 5.56 Å². The lowest BCUT2D eigenvalue weighted by Gasteiger charge is -2.10. The predicted molar refractivity (Wildman–Crippen MR) is 74.4 cm³/mol. The Hall–Kier alpha value is -2.34. The molecule has 0 aliphatic carbocycles. The van der Waals surface area contributed by atoms with Crippen LogP contribution in [0.2, 0.25) is 0 Å². The number of halogens is 1. The van der Waals surface area contributed by atoms with E-state index in [-0.39, 0.29) is 0 Å². The van der Waals surface area contributed by atoms with Crippen molar-refractivity contribution in [3.63, 3.8) is 0 Å². The van der Waals surface area contributed by atoms with E-state index in [0.29, 0.717) is 17.8 Å². The van der Waals surface area contributed by atoms with Gasteiger partial charge in [0.1, 0.15) is 5.82 Å². The van der Waals surface area contributed by atoms with Crippen LogP contribution >= 0.6 is 0 Å². The van der Waals surface area contributed by atoms with Crippen molar-refractivity contribution in [1.29, 1.82) is 5.26 Å². The summed E-state index contributed by atoms with van der Waals surface area (Å²) in [6.07, 6.45) is 0. The molecule has 0 saturated carbocycles. The zero-order chi connectivity index (χ0) is 13.8. The van der Waals surface area contributed by atoms with E-state index in [4.69, 9.17) is 5.26 Å². The molecule has 0 unspecified atom stereocenters. The molecule has 0 radical (unpaired) electrons. The Morgan fingerprint density at radius 2 is 1.95 bits per heavy atom. The fraction of sp³-hybridized carbons (Fsp3) is 0.188. The highest BCUT2D eigenvalue weighted by molar-refractivity contribution is 5.49. The SMILES string of the molecule is Cc1ccc(CNc2ccc(C#N)cc2F)c(C)c1. The molecule has 3 heteroatoms. The number of benzene rings is 2. The van der Waals surface area contributed by atoms with Crippen LogP contribution in [0.4, 0.5) is 10.1 Å². The molecule has 0 spiro atoms. The largest absolute Gasteiger partial charge is 0.379 e. The zero-order valence-electron chi connectivity index (χ0n) is 11.0. The highest BCUT2D eigenvalue weighted by Gasteiger charge is 2.04. The van der Waals surface area contributed by atoms with Crippen LogP contribution in [0, 0.1) is 31.0 Å². The molecule has 0 amide bonds. The number of nitriles is 1. The Morgan fingerprint density at radius 1 is 1.16 bits per heavy atom. The summed E-state index contributed by atoms with van der Waals surface area (Å²) in [5.41, 5.74) is 4.27. The van der Waals surface area contributed by atoms with Crippen LogP contribution in [0.25, 0.3) is 0 Å². The lowest BCUT2D eigenvalue weighted by Crippen LogP contribution is -2.03. The first-order chi connectivity index (χ1) is 9.10. The third kappa shape index (κ3) is 3.11. The monoisotopic (exact) mass is 254 g/mol. The van der Waals surface area contributed by atoms with E-state index in [1.165, 1.54) is 17.2 Å². The maximum absolute atomic E-state index is 13.7. The lowest BCUT2D eigenvalue weighted by molar-refractivity contribution is 0.629. The average molecular weight is 254 g/mol. The number of rotatable bonds is 3. The molecule has 0 heterocycles. The van der Waals surface area contributed by atoms with Gasteiger partial charge in [0.2, 0.25) is 0 Å². The number of hydrogen-bond acceptors (Lipinski definition) is 2. The van der Waals surface area contributed by atoms with Crippen LogP contribution in [0.3, 0.4) is 0 Å². The third-order valence-electron chi connectivity index (χ3n) is 3.07. The Morgan fingerprint density at radius 3 is 2.58 bits per heavy atom. The first-order valence-corrected chi connectivity index (χ1v) is 6.10. The molecule has 96 valence electrons. The number of nitrogens with one attached hydrogen (secondary N) is 1. The predicted octanol–water partition coefficient (Wildman–Crippen LogP) is 3.93. The molecule has 0 atom stereocenters. The average Bonchev–Trinajstić information content (AvgIpc) is 2.39. The van der Waals surface area contributed by atoms with Crippen LogP contribution in [0.5, 0.6) is 0 Å². The van der Waals surface area contributed by atoms with Gasteiger partial charge in [-0.25, -0.2) is 4.39 Å². The second kappa shape index (κ2) is 5.53. The molecule has 0 fully saturated rings. The summed E-state index contributed by atoms with van der Waals surface area (Å²) in [6, 6.07) is 12.5. The first-order valence-electron chi connectivity index (χ1n) is 6.10. The quantitative estimate of drug-likeness (QED) is 0.900. The molecule has 1 N–H and O–H groups in total. The molecule has 0 aromatic heterocycles. The molecule has 2 rings (SSSR count). The van der Waals surface area contributed by atoms with E-state index in [1.54, 1.807) is 12.1 Å². The first kappa shape index (κ1) is 13.1. The van der Waals surface area contributed by atoms with Crippen molar-refractivity contribution in [2.24, 2.45) is 0 Å². The van der Waals surface area contributed by atoms with Crippen LogP contribution in [-0.4, -0.2) is 0 Å². The van der Waals surface area contributed by atoms with Crippen LogP contribution in [0.1, 0.15) is 22.3 Å². The molecule has 2 nitrogen and oxygen atoms in total. The second-order valence-electron chi connectivity index (χ2n) is 4.59. The molecule has 2 aromatic rings. The van der Waals surface area contributed by atoms with E-state index in [9.17, 15) is 4.39 Å². The van der Waals surface area contributed by atoms with Gasteiger partial charge >= 0.3 is 0 Å². The zero-order valence-corrected chi connectivity index (χ0v) is 11.0. The highest BCUT2D eigenvalue weighted by Crippen LogP contribution is 2.18. The van der Waals surface area contributed by atoms with Crippen molar-refractivity contribution >= 4 is 5.69 Å². The number of anilines is 1. The van der Waals surface area contributed by atoms with E-state index >= 15 is 0 Å². The standard InChI is InChI=1S/C16H15FN2/c1-11-3-5-14(12(2)7-11)10-19-16-6-4-13(9-18)8-15(16)17/h3-8,19H,10H2,1-2H3. The minimum absolute atomic E-state index is 0.328. The van der Waals surface area contributed by atoms with Gasteiger partial charge in [-0.1, -0.05) is 23.8 Å². The fourth-order valence-electron chi connectivity index (χ4n) is 1.96. The molecular formula is C16H15FN2. The van der Waals surface area contributed by atoms with Gasteiger partial charge in [0, 0.05) is 6.54 Å². The van der Waals surface area contributed by atoms with Gasteiger partial charge in [-0.05, 0) is 43.2 Å². The Labute approximate surface area is 112 Å². The third-order valence-corrected chi connectivity index (χ3v) is 3.07. The number of nitrogens with zero attached hydrogens (tertiary/aromatic N) is 1. The summed E-state index contributed by atoms with van der Waals surface area (Å²) >= 11 is 0. The van der Waals surface area contributed by atoms with Crippen molar-refractivity contribution in [2.75, 3.05) is 5.32 Å². The van der Waals surface area contributed by atoms with Crippen molar-refractivity contribution in [2.45, 2.75) is 20.4 Å². The maximum Gasteiger partial charge on any atom is 0.147 e. The molecule has 0 aliphatic heterocycles. The van der Waals surface area contributed by atoms with Crippen LogP contribution < -0.4 is 5.32 Å². The summed E-state index contributed by atoms with van der Waals surface area (Å²) in [7, 11) is 0. The Balaban J connectivity index is 2.13. The topological polar surface area (TPSA) is 35.8 Å². The number of aryl methyl sites for hydroxylation is 2. The Kier molecular flexibility index (Phi) is 3.82. The van der Waals surface area contributed by atoms with Crippen LogP contribution in [-0.2, 0) is 6.54 Å². The molecular weight excluding hydrogens is 239 g/mol. The van der Waals surface area contributed by atoms with Gasteiger partial charge in [0.05, 0.1) is 17.3 Å². The summed E-state index contributed by atoms with van der Waals surface area (Å²) < 4.78 is 13.7. The summed E-state index contributed by atoms with van der Waals surface area (Å²) in [5, 5.41) is 11.7. The molecule has 0 aliphatic rings. The van der Waals surface area contributed by atoms with Crippen molar-refractivity contribution in [3.8, 4) is 6.07 Å². The number of hydrogen-bond donors (Lipinski definition) is 1. The summed E-state index contributed by atoms with van der Waals surface area (Å²) in [6.45, 7) is 4.65. The van der Waals surface area contributed by atoms with Gasteiger partial charge < -0.3 is 5.32 Å². The van der Waals surface area contributed by atoms with Gasteiger partial charge in [0.25, 0.3) is 0 Å². The minimum atomic E-state index is -0.399. The normalized spacial score (nSPS) is 10.0.